The number of benzene rings is 1. The zero-order chi connectivity index (χ0) is 19.6. The molecule has 2 aliphatic heterocycles. The number of likely N-dealkylation sites (tertiary alicyclic amines) is 2. The lowest BCUT2D eigenvalue weighted by molar-refractivity contribution is -0.143. The quantitative estimate of drug-likeness (QED) is 0.762. The summed E-state index contributed by atoms with van der Waals surface area (Å²) in [6, 6.07) is 10.2. The van der Waals surface area contributed by atoms with E-state index in [0.29, 0.717) is 0 Å². The number of carbonyl (C=O) groups is 1. The van der Waals surface area contributed by atoms with Crippen LogP contribution in [-0.4, -0.2) is 52.8 Å². The van der Waals surface area contributed by atoms with Gasteiger partial charge in [0.05, 0.1) is 5.69 Å². The van der Waals surface area contributed by atoms with E-state index < -0.39 is 5.92 Å². The van der Waals surface area contributed by atoms with E-state index in [4.69, 9.17) is 4.98 Å². The Labute approximate surface area is 168 Å². The van der Waals surface area contributed by atoms with Crippen molar-refractivity contribution < 1.29 is 13.6 Å². The van der Waals surface area contributed by atoms with Gasteiger partial charge in [0, 0.05) is 49.3 Å². The molecule has 1 amide bonds. The minimum absolute atomic E-state index is 0.0294. The number of alkyl halides is 2. The maximum Gasteiger partial charge on any atom is 0.251 e. The van der Waals surface area contributed by atoms with Crippen molar-refractivity contribution in [3.8, 4) is 10.6 Å². The van der Waals surface area contributed by atoms with Crippen molar-refractivity contribution in [3.05, 3.63) is 41.4 Å². The van der Waals surface area contributed by atoms with Crippen LogP contribution in [-0.2, 0) is 11.3 Å². The lowest BCUT2D eigenvalue weighted by Gasteiger charge is -2.37. The highest BCUT2D eigenvalue weighted by molar-refractivity contribution is 7.13. The number of piperidine rings is 2. The third kappa shape index (κ3) is 4.58. The molecule has 0 saturated carbocycles. The fourth-order valence-corrected chi connectivity index (χ4v) is 4.79. The molecule has 0 unspecified atom stereocenters. The van der Waals surface area contributed by atoms with E-state index in [1.54, 1.807) is 16.2 Å². The van der Waals surface area contributed by atoms with Gasteiger partial charge in [-0.05, 0) is 25.9 Å². The van der Waals surface area contributed by atoms with Crippen LogP contribution in [0.4, 0.5) is 8.78 Å². The number of amides is 1. The van der Waals surface area contributed by atoms with Gasteiger partial charge in [-0.1, -0.05) is 30.3 Å². The van der Waals surface area contributed by atoms with Gasteiger partial charge in [0.1, 0.15) is 5.01 Å². The van der Waals surface area contributed by atoms with Gasteiger partial charge >= 0.3 is 0 Å². The number of thiazole rings is 1. The molecule has 150 valence electrons. The van der Waals surface area contributed by atoms with Crippen molar-refractivity contribution in [2.24, 2.45) is 5.92 Å². The summed E-state index contributed by atoms with van der Waals surface area (Å²) < 4.78 is 26.6. The molecular formula is C21H25F2N3OS. The average molecular weight is 406 g/mol. The van der Waals surface area contributed by atoms with Crippen LogP contribution >= 0.6 is 11.3 Å². The highest BCUT2D eigenvalue weighted by Gasteiger charge is 2.37. The lowest BCUT2D eigenvalue weighted by atomic mass is 9.94. The smallest absolute Gasteiger partial charge is 0.251 e. The summed E-state index contributed by atoms with van der Waals surface area (Å²) in [5.74, 6) is -2.57. The highest BCUT2D eigenvalue weighted by Crippen LogP contribution is 2.30. The van der Waals surface area contributed by atoms with E-state index >= 15 is 0 Å². The first-order valence-electron chi connectivity index (χ1n) is 9.89. The fraction of sp³-hybridized carbons (Fsp3) is 0.524. The molecule has 2 aliphatic rings. The summed E-state index contributed by atoms with van der Waals surface area (Å²) in [7, 11) is 0. The van der Waals surface area contributed by atoms with Crippen molar-refractivity contribution in [2.75, 3.05) is 26.2 Å². The Morgan fingerprint density at radius 3 is 2.46 bits per heavy atom. The van der Waals surface area contributed by atoms with Gasteiger partial charge in [0.25, 0.3) is 5.92 Å². The van der Waals surface area contributed by atoms with Gasteiger partial charge in [-0.3, -0.25) is 9.69 Å². The van der Waals surface area contributed by atoms with Crippen LogP contribution in [0.15, 0.2) is 35.7 Å². The number of nitrogens with zero attached hydrogens (tertiary/aromatic N) is 3. The first kappa shape index (κ1) is 19.5. The predicted molar refractivity (Wildman–Crippen MR) is 106 cm³/mol. The SMILES string of the molecule is O=C(C1CCN(Cc2csc(-c3ccccc3)n2)CC1)N1CCC(F)(F)CC1. The molecule has 7 heteroatoms. The predicted octanol–water partition coefficient (Wildman–Crippen LogP) is 4.28. The molecule has 0 bridgehead atoms. The molecule has 0 radical (unpaired) electrons. The first-order valence-corrected chi connectivity index (χ1v) is 10.8. The number of hydrogen-bond acceptors (Lipinski definition) is 4. The Balaban J connectivity index is 1.27. The van der Waals surface area contributed by atoms with Crippen LogP contribution in [0.3, 0.4) is 0 Å². The van der Waals surface area contributed by atoms with Gasteiger partial charge < -0.3 is 4.90 Å². The summed E-state index contributed by atoms with van der Waals surface area (Å²) in [6.45, 7) is 2.86. The van der Waals surface area contributed by atoms with Gasteiger partial charge in [0.15, 0.2) is 0 Å². The second kappa shape index (κ2) is 8.25. The minimum atomic E-state index is -2.60. The van der Waals surface area contributed by atoms with Gasteiger partial charge in [0.2, 0.25) is 5.91 Å². The fourth-order valence-electron chi connectivity index (χ4n) is 3.97. The molecule has 3 heterocycles. The van der Waals surface area contributed by atoms with Gasteiger partial charge in [-0.15, -0.1) is 11.3 Å². The lowest BCUT2D eigenvalue weighted by Crippen LogP contribution is -2.47. The van der Waals surface area contributed by atoms with Gasteiger partial charge in [-0.25, -0.2) is 13.8 Å². The van der Waals surface area contributed by atoms with E-state index in [2.05, 4.69) is 22.4 Å². The van der Waals surface area contributed by atoms with Crippen LogP contribution in [0, 0.1) is 5.92 Å². The molecule has 2 fully saturated rings. The number of rotatable bonds is 4. The van der Waals surface area contributed by atoms with Gasteiger partial charge in [-0.2, -0.15) is 0 Å². The summed E-state index contributed by atoms with van der Waals surface area (Å²) in [6.07, 6.45) is 1.18. The van der Waals surface area contributed by atoms with Crippen molar-refractivity contribution >= 4 is 17.2 Å². The van der Waals surface area contributed by atoms with E-state index in [9.17, 15) is 13.6 Å². The molecule has 0 atom stereocenters. The maximum absolute atomic E-state index is 13.3. The first-order chi connectivity index (χ1) is 13.5. The van der Waals surface area contributed by atoms with Crippen LogP contribution in [0.1, 0.15) is 31.4 Å². The van der Waals surface area contributed by atoms with Crippen LogP contribution in [0.25, 0.3) is 10.6 Å². The summed E-state index contributed by atoms with van der Waals surface area (Å²) in [4.78, 5) is 21.4. The maximum atomic E-state index is 13.3. The second-order valence-corrected chi connectivity index (χ2v) is 8.60. The molecule has 0 aliphatic carbocycles. The topological polar surface area (TPSA) is 36.4 Å². The monoisotopic (exact) mass is 405 g/mol. The van der Waals surface area contributed by atoms with E-state index in [0.717, 1.165) is 48.7 Å². The Hall–Kier alpha value is -1.86. The largest absolute Gasteiger partial charge is 0.342 e. The second-order valence-electron chi connectivity index (χ2n) is 7.74. The third-order valence-electron chi connectivity index (χ3n) is 5.70. The molecular weight excluding hydrogens is 380 g/mol. The zero-order valence-corrected chi connectivity index (χ0v) is 16.6. The summed E-state index contributed by atoms with van der Waals surface area (Å²) >= 11 is 1.66. The Kier molecular flexibility index (Phi) is 5.73. The van der Waals surface area contributed by atoms with E-state index in [-0.39, 0.29) is 37.8 Å². The van der Waals surface area contributed by atoms with Crippen molar-refractivity contribution in [2.45, 2.75) is 38.2 Å². The average Bonchev–Trinajstić information content (AvgIpc) is 3.17. The molecule has 4 rings (SSSR count). The molecule has 1 aromatic carbocycles. The third-order valence-corrected chi connectivity index (χ3v) is 6.64. The van der Waals surface area contributed by atoms with Crippen LogP contribution in [0.5, 0.6) is 0 Å². The standard InChI is InChI=1S/C21H25F2N3OS/c22-21(23)8-12-26(13-9-21)20(27)17-6-10-25(11-7-17)14-18-15-28-19(24-18)16-4-2-1-3-5-16/h1-5,15,17H,6-14H2. The highest BCUT2D eigenvalue weighted by atomic mass is 32.1. The molecule has 4 nitrogen and oxygen atoms in total. The van der Waals surface area contributed by atoms with Crippen LogP contribution in [0.2, 0.25) is 0 Å². The Bertz CT molecular complexity index is 793. The Morgan fingerprint density at radius 1 is 1.11 bits per heavy atom. The number of halogens is 2. The zero-order valence-electron chi connectivity index (χ0n) is 15.8. The van der Waals surface area contributed by atoms with Crippen molar-refractivity contribution in [1.82, 2.24) is 14.8 Å². The molecule has 0 N–H and O–H groups in total. The normalized spacial score (nSPS) is 21.0. The molecule has 1 aromatic heterocycles. The molecule has 28 heavy (non-hydrogen) atoms. The van der Waals surface area contributed by atoms with E-state index in [1.165, 1.54) is 0 Å². The van der Waals surface area contributed by atoms with Crippen molar-refractivity contribution in [3.63, 3.8) is 0 Å². The number of carbonyl (C=O) groups excluding carboxylic acids is 1. The summed E-state index contributed by atoms with van der Waals surface area (Å²) in [5, 5.41) is 3.13. The van der Waals surface area contributed by atoms with Crippen LogP contribution < -0.4 is 0 Å². The number of hydrogen-bond donors (Lipinski definition) is 0. The molecule has 2 aromatic rings. The minimum Gasteiger partial charge on any atom is -0.342 e. The Morgan fingerprint density at radius 2 is 1.79 bits per heavy atom. The molecule has 2 saturated heterocycles. The summed E-state index contributed by atoms with van der Waals surface area (Å²) in [5.41, 5.74) is 2.20. The van der Waals surface area contributed by atoms with Crippen molar-refractivity contribution in [1.29, 1.82) is 0 Å². The van der Waals surface area contributed by atoms with E-state index in [1.807, 2.05) is 18.2 Å². The number of aromatic nitrogens is 1. The molecule has 0 spiro atoms.